The Labute approximate surface area is 187 Å². The van der Waals surface area contributed by atoms with E-state index < -0.39 is 0 Å². The number of carbonyl (C=O) groups is 1. The molecule has 2 fully saturated rings. The topological polar surface area (TPSA) is 35.6 Å². The second kappa shape index (κ2) is 9.97. The summed E-state index contributed by atoms with van der Waals surface area (Å²) in [6.45, 7) is 12.5. The molecule has 4 rings (SSSR count). The van der Waals surface area contributed by atoms with Crippen LogP contribution in [0.25, 0.3) is 11.1 Å². The number of benzene rings is 2. The number of nitrogens with one attached hydrogen (secondary N) is 1. The molecule has 0 radical (unpaired) electrons. The lowest BCUT2D eigenvalue weighted by Crippen LogP contribution is -2.42. The Balaban J connectivity index is 1.57. The minimum absolute atomic E-state index is 0.201. The van der Waals surface area contributed by atoms with E-state index in [0.29, 0.717) is 5.91 Å². The largest absolute Gasteiger partial charge is 0.314 e. The van der Waals surface area contributed by atoms with Gasteiger partial charge in [-0.1, -0.05) is 43.2 Å². The summed E-state index contributed by atoms with van der Waals surface area (Å²) in [5.41, 5.74) is 7.32. The van der Waals surface area contributed by atoms with Crippen LogP contribution in [0.4, 0.5) is 5.69 Å². The van der Waals surface area contributed by atoms with E-state index in [4.69, 9.17) is 0 Å². The molecular weight excluding hydrogens is 382 g/mol. The quantitative estimate of drug-likeness (QED) is 0.722. The van der Waals surface area contributed by atoms with E-state index in [0.717, 1.165) is 57.8 Å². The van der Waals surface area contributed by atoms with Gasteiger partial charge in [0.15, 0.2) is 0 Å². The molecule has 166 valence electrons. The van der Waals surface area contributed by atoms with Gasteiger partial charge in [-0.2, -0.15) is 0 Å². The Morgan fingerprint density at radius 2 is 1.71 bits per heavy atom. The summed E-state index contributed by atoms with van der Waals surface area (Å²) in [4.78, 5) is 17.8. The lowest BCUT2D eigenvalue weighted by Gasteiger charge is -2.28. The molecule has 1 saturated carbocycles. The Bertz CT molecular complexity index is 893. The maximum absolute atomic E-state index is 13.2. The van der Waals surface area contributed by atoms with Crippen molar-refractivity contribution in [3.8, 4) is 11.1 Å². The van der Waals surface area contributed by atoms with Gasteiger partial charge in [-0.25, -0.2) is 0 Å². The number of hydrogen-bond donors (Lipinski definition) is 1. The van der Waals surface area contributed by atoms with Gasteiger partial charge in [-0.05, 0) is 67.5 Å². The maximum Gasteiger partial charge on any atom is 0.230 e. The third kappa shape index (κ3) is 5.02. The number of amides is 1. The summed E-state index contributed by atoms with van der Waals surface area (Å²) in [7, 11) is 0. The van der Waals surface area contributed by atoms with Crippen molar-refractivity contribution in [3.05, 3.63) is 53.1 Å². The van der Waals surface area contributed by atoms with Crippen LogP contribution in [0, 0.1) is 19.8 Å². The van der Waals surface area contributed by atoms with Crippen LogP contribution in [-0.2, 0) is 11.3 Å². The first-order valence-electron chi connectivity index (χ1n) is 12.0. The van der Waals surface area contributed by atoms with Crippen LogP contribution in [0.5, 0.6) is 0 Å². The van der Waals surface area contributed by atoms with Gasteiger partial charge in [0.1, 0.15) is 0 Å². The van der Waals surface area contributed by atoms with Crippen molar-refractivity contribution in [1.29, 1.82) is 0 Å². The van der Waals surface area contributed by atoms with Crippen molar-refractivity contribution < 1.29 is 4.79 Å². The number of hydrogen-bond acceptors (Lipinski definition) is 3. The van der Waals surface area contributed by atoms with E-state index in [-0.39, 0.29) is 5.92 Å². The zero-order chi connectivity index (χ0) is 21.8. The van der Waals surface area contributed by atoms with E-state index in [1.54, 1.807) is 0 Å². The lowest BCUT2D eigenvalue weighted by molar-refractivity contribution is -0.122. The average molecular weight is 420 g/mol. The fraction of sp³-hybridized carbons (Fsp3) is 0.519. The van der Waals surface area contributed by atoms with E-state index in [1.165, 1.54) is 40.7 Å². The van der Waals surface area contributed by atoms with Gasteiger partial charge < -0.3 is 10.2 Å². The van der Waals surface area contributed by atoms with E-state index in [1.807, 2.05) is 4.90 Å². The highest BCUT2D eigenvalue weighted by Gasteiger charge is 2.28. The van der Waals surface area contributed by atoms with Crippen LogP contribution >= 0.6 is 0 Å². The molecule has 0 spiro atoms. The van der Waals surface area contributed by atoms with E-state index in [2.05, 4.69) is 67.4 Å². The summed E-state index contributed by atoms with van der Waals surface area (Å²) >= 11 is 0. The number of anilines is 1. The Morgan fingerprint density at radius 3 is 2.35 bits per heavy atom. The van der Waals surface area contributed by atoms with Gasteiger partial charge in [-0.3, -0.25) is 9.69 Å². The van der Waals surface area contributed by atoms with Crippen molar-refractivity contribution in [3.63, 3.8) is 0 Å². The molecule has 1 N–H and O–H groups in total. The van der Waals surface area contributed by atoms with Gasteiger partial charge in [-0.15, -0.1) is 0 Å². The first kappa shape index (κ1) is 22.0. The zero-order valence-electron chi connectivity index (χ0n) is 19.4. The predicted octanol–water partition coefficient (Wildman–Crippen LogP) is 4.92. The molecule has 31 heavy (non-hydrogen) atoms. The van der Waals surface area contributed by atoms with Gasteiger partial charge in [0.05, 0.1) is 0 Å². The summed E-state index contributed by atoms with van der Waals surface area (Å²) in [5, 5.41) is 3.42. The minimum Gasteiger partial charge on any atom is -0.314 e. The highest BCUT2D eigenvalue weighted by atomic mass is 16.2. The van der Waals surface area contributed by atoms with Gasteiger partial charge in [0.25, 0.3) is 0 Å². The molecule has 1 saturated heterocycles. The Morgan fingerprint density at radius 1 is 1.03 bits per heavy atom. The van der Waals surface area contributed by atoms with Crippen LogP contribution in [-0.4, -0.2) is 43.5 Å². The second-order valence-electron chi connectivity index (χ2n) is 9.22. The SMILES string of the molecule is CCN(C(=O)C1CCCC1)c1cc(-c2ccc(CN3CCNCC3)cc2)cc(C)c1C. The van der Waals surface area contributed by atoms with Crippen molar-refractivity contribution in [2.24, 2.45) is 5.92 Å². The smallest absolute Gasteiger partial charge is 0.230 e. The molecule has 0 bridgehead atoms. The van der Waals surface area contributed by atoms with Crippen molar-refractivity contribution in [2.75, 3.05) is 37.6 Å². The van der Waals surface area contributed by atoms with Crippen LogP contribution < -0.4 is 10.2 Å². The summed E-state index contributed by atoms with van der Waals surface area (Å²) in [6.07, 6.45) is 4.46. The van der Waals surface area contributed by atoms with Crippen LogP contribution in [0.2, 0.25) is 0 Å². The van der Waals surface area contributed by atoms with E-state index >= 15 is 0 Å². The van der Waals surface area contributed by atoms with Crippen molar-refractivity contribution >= 4 is 11.6 Å². The maximum atomic E-state index is 13.2. The molecule has 0 aromatic heterocycles. The molecule has 1 amide bonds. The third-order valence-corrected chi connectivity index (χ3v) is 7.12. The lowest BCUT2D eigenvalue weighted by atomic mass is 9.96. The summed E-state index contributed by atoms with van der Waals surface area (Å²) in [5.74, 6) is 0.513. The Hall–Kier alpha value is -2.17. The third-order valence-electron chi connectivity index (χ3n) is 7.12. The molecule has 1 heterocycles. The first-order valence-corrected chi connectivity index (χ1v) is 12.0. The number of piperazine rings is 1. The predicted molar refractivity (Wildman–Crippen MR) is 129 cm³/mol. The molecule has 0 unspecified atom stereocenters. The highest BCUT2D eigenvalue weighted by molar-refractivity contribution is 5.96. The average Bonchev–Trinajstić information content (AvgIpc) is 3.33. The molecule has 2 aromatic rings. The van der Waals surface area contributed by atoms with Gasteiger partial charge >= 0.3 is 0 Å². The monoisotopic (exact) mass is 419 g/mol. The normalized spacial score (nSPS) is 17.8. The van der Waals surface area contributed by atoms with Gasteiger partial charge in [0.2, 0.25) is 5.91 Å². The fourth-order valence-corrected chi connectivity index (χ4v) is 5.06. The Kier molecular flexibility index (Phi) is 7.09. The molecule has 2 aromatic carbocycles. The van der Waals surface area contributed by atoms with Crippen LogP contribution in [0.1, 0.15) is 49.3 Å². The molecule has 4 heteroatoms. The molecule has 2 aliphatic rings. The minimum atomic E-state index is 0.201. The van der Waals surface area contributed by atoms with Gasteiger partial charge in [0, 0.05) is 50.9 Å². The highest BCUT2D eigenvalue weighted by Crippen LogP contribution is 2.34. The standard InChI is InChI=1S/C27H37N3O/c1-4-30(27(31)24-7-5-6-8-24)26-18-25(17-20(2)21(26)3)23-11-9-22(10-12-23)19-29-15-13-28-14-16-29/h9-12,17-18,24,28H,4-8,13-16,19H2,1-3H3. The summed E-state index contributed by atoms with van der Waals surface area (Å²) < 4.78 is 0. The fourth-order valence-electron chi connectivity index (χ4n) is 5.06. The first-order chi connectivity index (χ1) is 15.1. The van der Waals surface area contributed by atoms with Crippen LogP contribution in [0.3, 0.4) is 0 Å². The number of nitrogens with zero attached hydrogens (tertiary/aromatic N) is 2. The molecule has 1 aliphatic heterocycles. The van der Waals surface area contributed by atoms with E-state index in [9.17, 15) is 4.79 Å². The molecule has 0 atom stereocenters. The number of carbonyl (C=O) groups excluding carboxylic acids is 1. The molecule has 1 aliphatic carbocycles. The summed E-state index contributed by atoms with van der Waals surface area (Å²) in [6, 6.07) is 13.5. The zero-order valence-corrected chi connectivity index (χ0v) is 19.4. The number of rotatable bonds is 6. The molecular formula is C27H37N3O. The van der Waals surface area contributed by atoms with Crippen molar-refractivity contribution in [1.82, 2.24) is 10.2 Å². The van der Waals surface area contributed by atoms with Crippen LogP contribution in [0.15, 0.2) is 36.4 Å². The second-order valence-corrected chi connectivity index (χ2v) is 9.22. The molecule has 4 nitrogen and oxygen atoms in total. The number of aryl methyl sites for hydroxylation is 1. The van der Waals surface area contributed by atoms with Crippen molar-refractivity contribution in [2.45, 2.75) is 53.0 Å².